The largest absolute Gasteiger partial charge is 0.508 e. The number of nitrogens with zero attached hydrogens (tertiary/aromatic N) is 1. The van der Waals surface area contributed by atoms with E-state index in [-0.39, 0.29) is 40.1 Å². The van der Waals surface area contributed by atoms with E-state index >= 15 is 0 Å². The number of alkyl halides is 2. The molecule has 39 heavy (non-hydrogen) atoms. The zero-order valence-corrected chi connectivity index (χ0v) is 21.0. The van der Waals surface area contributed by atoms with Gasteiger partial charge in [-0.25, -0.2) is 9.78 Å². The fourth-order valence-corrected chi connectivity index (χ4v) is 4.25. The first-order chi connectivity index (χ1) is 18.6. The minimum absolute atomic E-state index is 0.0907. The molecule has 9 heteroatoms. The molecule has 0 aliphatic rings. The van der Waals surface area contributed by atoms with Crippen LogP contribution in [0.25, 0.3) is 22.0 Å². The maximum atomic E-state index is 14.1. The Hall–Kier alpha value is -4.63. The molecule has 0 unspecified atom stereocenters. The summed E-state index contributed by atoms with van der Waals surface area (Å²) < 4.78 is 33.5. The van der Waals surface area contributed by atoms with Crippen molar-refractivity contribution < 1.29 is 33.3 Å². The molecule has 1 atom stereocenters. The van der Waals surface area contributed by atoms with Crippen molar-refractivity contribution in [2.45, 2.75) is 18.4 Å². The number of phenolic OH excluding ortho intramolecular Hbond substituents is 1. The number of hydrogen-bond acceptors (Lipinski definition) is 5. The Bertz CT molecular complexity index is 1540. The summed E-state index contributed by atoms with van der Waals surface area (Å²) >= 11 is 0. The molecular weight excluding hydrogens is 506 g/mol. The van der Waals surface area contributed by atoms with Crippen molar-refractivity contribution in [3.05, 3.63) is 108 Å². The number of pyridine rings is 1. The van der Waals surface area contributed by atoms with Crippen LogP contribution in [0.15, 0.2) is 85.5 Å². The number of amides is 1. The van der Waals surface area contributed by atoms with Crippen LogP contribution in [0.4, 0.5) is 8.78 Å². The molecule has 4 aromatic rings. The first-order valence-corrected chi connectivity index (χ1v) is 12.0. The van der Waals surface area contributed by atoms with Gasteiger partial charge in [-0.1, -0.05) is 43.0 Å². The summed E-state index contributed by atoms with van der Waals surface area (Å²) in [6.07, 6.45) is 0.972. The van der Waals surface area contributed by atoms with Crippen molar-refractivity contribution in [3.63, 3.8) is 0 Å². The Balaban J connectivity index is 1.66. The number of hydrogen-bond donors (Lipinski definition) is 3. The zero-order chi connectivity index (χ0) is 28.2. The SMILES string of the molecule is C=CC(F)(F)c1cccc(-c2ccc3nc(C(=O)N[C@H](COC)Cc4ccc(O)cc4)cc(C(=O)O)c3c2)c1. The van der Waals surface area contributed by atoms with Crippen LogP contribution in [0.5, 0.6) is 5.75 Å². The average molecular weight is 533 g/mol. The number of nitrogens with one attached hydrogen (secondary N) is 1. The fourth-order valence-electron chi connectivity index (χ4n) is 4.25. The van der Waals surface area contributed by atoms with Crippen LogP contribution in [0.1, 0.15) is 32.0 Å². The first-order valence-electron chi connectivity index (χ1n) is 12.0. The molecule has 3 N–H and O–H groups in total. The summed E-state index contributed by atoms with van der Waals surface area (Å²) in [5.74, 6) is -4.94. The molecule has 0 aliphatic heterocycles. The summed E-state index contributed by atoms with van der Waals surface area (Å²) in [5, 5.41) is 22.5. The van der Waals surface area contributed by atoms with Crippen molar-refractivity contribution in [2.75, 3.05) is 13.7 Å². The number of phenols is 1. The monoisotopic (exact) mass is 532 g/mol. The third kappa shape index (κ3) is 6.27. The molecule has 3 aromatic carbocycles. The minimum atomic E-state index is -3.22. The highest BCUT2D eigenvalue weighted by Gasteiger charge is 2.27. The van der Waals surface area contributed by atoms with Crippen LogP contribution in [0, 0.1) is 0 Å². The predicted molar refractivity (Wildman–Crippen MR) is 143 cm³/mol. The van der Waals surface area contributed by atoms with Crippen molar-refractivity contribution in [1.29, 1.82) is 0 Å². The number of rotatable bonds is 10. The van der Waals surface area contributed by atoms with Crippen molar-refractivity contribution in [1.82, 2.24) is 10.3 Å². The number of carbonyl (C=O) groups is 2. The third-order valence-corrected chi connectivity index (χ3v) is 6.23. The molecule has 1 heterocycles. The number of carboxylic acids is 1. The molecule has 0 fully saturated rings. The van der Waals surface area contributed by atoms with E-state index in [1.165, 1.54) is 31.4 Å². The van der Waals surface area contributed by atoms with Crippen LogP contribution in [0.2, 0.25) is 0 Å². The fraction of sp³-hybridized carbons (Fsp3) is 0.167. The number of carbonyl (C=O) groups excluding carboxylic acids is 1. The highest BCUT2D eigenvalue weighted by atomic mass is 19.3. The molecule has 0 saturated heterocycles. The summed E-state index contributed by atoms with van der Waals surface area (Å²) in [6, 6.07) is 17.8. The van der Waals surface area contributed by atoms with Gasteiger partial charge in [0.2, 0.25) is 0 Å². The summed E-state index contributed by atoms with van der Waals surface area (Å²) in [7, 11) is 1.50. The summed E-state index contributed by atoms with van der Waals surface area (Å²) in [6.45, 7) is 3.38. The number of benzene rings is 3. The molecule has 1 amide bonds. The Morgan fingerprint density at radius 3 is 2.46 bits per heavy atom. The number of aromatic nitrogens is 1. The molecular formula is C30H26F2N2O5. The smallest absolute Gasteiger partial charge is 0.336 e. The summed E-state index contributed by atoms with van der Waals surface area (Å²) in [4.78, 5) is 29.6. The van der Waals surface area contributed by atoms with Gasteiger partial charge in [0.1, 0.15) is 11.4 Å². The van der Waals surface area contributed by atoms with Crippen LogP contribution >= 0.6 is 0 Å². The summed E-state index contributed by atoms with van der Waals surface area (Å²) in [5.41, 5.74) is 1.61. The second-order valence-corrected chi connectivity index (χ2v) is 9.00. The van der Waals surface area contributed by atoms with Crippen LogP contribution in [-0.2, 0) is 17.1 Å². The quantitative estimate of drug-likeness (QED) is 0.231. The van der Waals surface area contributed by atoms with E-state index in [0.29, 0.717) is 23.6 Å². The second-order valence-electron chi connectivity index (χ2n) is 9.00. The Morgan fingerprint density at radius 2 is 1.79 bits per heavy atom. The molecule has 0 bridgehead atoms. The van der Waals surface area contributed by atoms with Crippen molar-refractivity contribution in [3.8, 4) is 16.9 Å². The van der Waals surface area contributed by atoms with E-state index in [9.17, 15) is 28.6 Å². The highest BCUT2D eigenvalue weighted by Crippen LogP contribution is 2.33. The van der Waals surface area contributed by atoms with Gasteiger partial charge in [0.15, 0.2) is 0 Å². The molecule has 0 spiro atoms. The van der Waals surface area contributed by atoms with Gasteiger partial charge < -0.3 is 20.3 Å². The van der Waals surface area contributed by atoms with Crippen LogP contribution in [-0.4, -0.2) is 46.8 Å². The number of methoxy groups -OCH3 is 1. The van der Waals surface area contributed by atoms with Gasteiger partial charge in [-0.3, -0.25) is 4.79 Å². The van der Waals surface area contributed by atoms with E-state index in [0.717, 1.165) is 5.56 Å². The Kier molecular flexibility index (Phi) is 8.01. The number of aromatic carboxylic acids is 1. The lowest BCUT2D eigenvalue weighted by molar-refractivity contribution is 0.0525. The van der Waals surface area contributed by atoms with Gasteiger partial charge in [-0.05, 0) is 65.6 Å². The van der Waals surface area contributed by atoms with E-state index < -0.39 is 23.8 Å². The zero-order valence-electron chi connectivity index (χ0n) is 21.0. The lowest BCUT2D eigenvalue weighted by Crippen LogP contribution is -2.40. The molecule has 1 aromatic heterocycles. The van der Waals surface area contributed by atoms with Crippen molar-refractivity contribution in [2.24, 2.45) is 0 Å². The molecule has 4 rings (SSSR count). The normalized spacial score (nSPS) is 12.2. The predicted octanol–water partition coefficient (Wildman–Crippen LogP) is 5.57. The van der Waals surface area contributed by atoms with Gasteiger partial charge in [-0.15, -0.1) is 0 Å². The van der Waals surface area contributed by atoms with Gasteiger partial charge >= 0.3 is 5.97 Å². The van der Waals surface area contributed by atoms with Crippen LogP contribution < -0.4 is 5.32 Å². The number of halogens is 2. The van der Waals surface area contributed by atoms with Gasteiger partial charge in [0.05, 0.1) is 23.7 Å². The Morgan fingerprint density at radius 1 is 1.08 bits per heavy atom. The second kappa shape index (κ2) is 11.4. The topological polar surface area (TPSA) is 109 Å². The average Bonchev–Trinajstić information content (AvgIpc) is 2.93. The first kappa shape index (κ1) is 27.4. The maximum Gasteiger partial charge on any atom is 0.336 e. The lowest BCUT2D eigenvalue weighted by atomic mass is 9.97. The van der Waals surface area contributed by atoms with E-state index in [1.54, 1.807) is 48.5 Å². The lowest BCUT2D eigenvalue weighted by Gasteiger charge is -2.18. The molecule has 0 saturated carbocycles. The van der Waals surface area contributed by atoms with E-state index in [1.807, 2.05) is 0 Å². The molecule has 0 aliphatic carbocycles. The standard InChI is InChI=1S/C30H26F2N2O5/c1-3-30(31,32)21-6-4-5-19(14-21)20-9-12-26-24(15-20)25(29(37)38)16-27(34-26)28(36)33-22(17-39-2)13-18-7-10-23(35)11-8-18/h3-12,14-16,22,35H,1,13,17H2,2H3,(H,33,36)(H,37,38)/t22-/m0/s1. The number of ether oxygens (including phenoxy) is 1. The Labute approximate surface area is 223 Å². The third-order valence-electron chi connectivity index (χ3n) is 6.23. The maximum absolute atomic E-state index is 14.1. The van der Waals surface area contributed by atoms with Gasteiger partial charge in [0, 0.05) is 18.1 Å². The molecule has 7 nitrogen and oxygen atoms in total. The minimum Gasteiger partial charge on any atom is -0.508 e. The molecule has 0 radical (unpaired) electrons. The number of carboxylic acid groups (broad SMARTS) is 1. The van der Waals surface area contributed by atoms with Crippen molar-refractivity contribution >= 4 is 22.8 Å². The number of aromatic hydroxyl groups is 1. The highest BCUT2D eigenvalue weighted by molar-refractivity contribution is 6.06. The number of allylic oxidation sites excluding steroid dienone is 1. The van der Waals surface area contributed by atoms with E-state index in [4.69, 9.17) is 4.74 Å². The van der Waals surface area contributed by atoms with Crippen LogP contribution in [0.3, 0.4) is 0 Å². The van der Waals surface area contributed by atoms with Gasteiger partial charge in [-0.2, -0.15) is 8.78 Å². The number of fused-ring (bicyclic) bond motifs is 1. The van der Waals surface area contributed by atoms with E-state index in [2.05, 4.69) is 16.9 Å². The van der Waals surface area contributed by atoms with Gasteiger partial charge in [0.25, 0.3) is 11.8 Å². The molecule has 200 valence electrons.